The lowest BCUT2D eigenvalue weighted by Crippen LogP contribution is -2.15. The highest BCUT2D eigenvalue weighted by molar-refractivity contribution is 7.93. The topological polar surface area (TPSA) is 118 Å². The van der Waals surface area contributed by atoms with Crippen molar-refractivity contribution in [2.24, 2.45) is 0 Å². The van der Waals surface area contributed by atoms with Crippen LogP contribution in [0.5, 0.6) is 0 Å². The second kappa shape index (κ2) is 8.15. The van der Waals surface area contributed by atoms with Crippen molar-refractivity contribution < 1.29 is 16.8 Å². The Hall–Kier alpha value is -2.40. The molecule has 0 aliphatic rings. The predicted octanol–water partition coefficient (Wildman–Crippen LogP) is 3.69. The summed E-state index contributed by atoms with van der Waals surface area (Å²) in [5.74, 6) is 0.535. The van der Waals surface area contributed by atoms with Crippen molar-refractivity contribution in [1.82, 2.24) is 9.97 Å². The predicted molar refractivity (Wildman–Crippen MR) is 111 cm³/mol. The standard InChI is InChI=1S/C17H14Cl2N4O4S2/c1-11-20-9-8-17(21-11)23-28(24,25)14-5-3-13(4-6-14)22-29(26,27)16-10-12(18)2-7-15(16)19/h2-10,22H,1H3,(H,20,21,23). The molecule has 0 radical (unpaired) electrons. The highest BCUT2D eigenvalue weighted by Crippen LogP contribution is 2.27. The first-order valence-corrected chi connectivity index (χ1v) is 11.7. The number of aromatic nitrogens is 2. The molecule has 0 amide bonds. The zero-order valence-corrected chi connectivity index (χ0v) is 17.9. The molecular weight excluding hydrogens is 459 g/mol. The molecule has 0 spiro atoms. The lowest BCUT2D eigenvalue weighted by Gasteiger charge is -2.11. The van der Waals surface area contributed by atoms with Gasteiger partial charge in [-0.2, -0.15) is 0 Å². The van der Waals surface area contributed by atoms with Crippen LogP contribution in [0.25, 0.3) is 0 Å². The minimum Gasteiger partial charge on any atom is -0.280 e. The van der Waals surface area contributed by atoms with Gasteiger partial charge in [0.25, 0.3) is 20.0 Å². The van der Waals surface area contributed by atoms with Gasteiger partial charge in [-0.05, 0) is 55.5 Å². The lowest BCUT2D eigenvalue weighted by atomic mass is 10.3. The van der Waals surface area contributed by atoms with Crippen molar-refractivity contribution in [3.05, 3.63) is 70.6 Å². The zero-order valence-electron chi connectivity index (χ0n) is 14.8. The van der Waals surface area contributed by atoms with Crippen molar-refractivity contribution in [1.29, 1.82) is 0 Å². The Kier molecular flexibility index (Phi) is 5.99. The summed E-state index contributed by atoms with van der Waals surface area (Å²) >= 11 is 11.8. The van der Waals surface area contributed by atoms with Gasteiger partial charge in [-0.3, -0.25) is 9.44 Å². The first-order valence-electron chi connectivity index (χ1n) is 7.97. The molecule has 0 saturated heterocycles. The molecule has 3 aromatic rings. The minimum atomic E-state index is -4.02. The van der Waals surface area contributed by atoms with Gasteiger partial charge in [-0.15, -0.1) is 0 Å². The normalized spacial score (nSPS) is 11.8. The molecule has 0 bridgehead atoms. The molecule has 0 fully saturated rings. The molecule has 2 aromatic carbocycles. The van der Waals surface area contributed by atoms with E-state index in [1.165, 1.54) is 54.7 Å². The number of anilines is 2. The van der Waals surface area contributed by atoms with Gasteiger partial charge in [0.15, 0.2) is 0 Å². The number of sulfonamides is 2. The summed E-state index contributed by atoms with van der Waals surface area (Å²) in [5, 5.41) is 0.215. The molecule has 0 aliphatic carbocycles. The molecular formula is C17H14Cl2N4O4S2. The second-order valence-electron chi connectivity index (χ2n) is 5.80. The van der Waals surface area contributed by atoms with Crippen molar-refractivity contribution in [3.8, 4) is 0 Å². The molecule has 0 aliphatic heterocycles. The molecule has 8 nitrogen and oxygen atoms in total. The fraction of sp³-hybridized carbons (Fsp3) is 0.0588. The maximum Gasteiger partial charge on any atom is 0.263 e. The lowest BCUT2D eigenvalue weighted by molar-refractivity contribution is 0.600. The summed E-state index contributed by atoms with van der Waals surface area (Å²) in [6.45, 7) is 1.63. The highest BCUT2D eigenvalue weighted by Gasteiger charge is 2.20. The molecule has 1 heterocycles. The number of halogens is 2. The Labute approximate surface area is 178 Å². The van der Waals surface area contributed by atoms with E-state index in [0.717, 1.165) is 0 Å². The monoisotopic (exact) mass is 472 g/mol. The van der Waals surface area contributed by atoms with Crippen molar-refractivity contribution in [2.75, 3.05) is 9.44 Å². The van der Waals surface area contributed by atoms with Crippen LogP contribution >= 0.6 is 23.2 Å². The second-order valence-corrected chi connectivity index (χ2v) is 9.98. The number of hydrogen-bond donors (Lipinski definition) is 2. The molecule has 0 unspecified atom stereocenters. The molecule has 0 saturated carbocycles. The van der Waals surface area contributed by atoms with Gasteiger partial charge in [-0.25, -0.2) is 26.8 Å². The number of nitrogens with one attached hydrogen (secondary N) is 2. The van der Waals surface area contributed by atoms with Gasteiger partial charge < -0.3 is 0 Å². The maximum absolute atomic E-state index is 12.5. The Morgan fingerprint density at radius 1 is 0.862 bits per heavy atom. The summed E-state index contributed by atoms with van der Waals surface area (Å²) in [7, 11) is -7.93. The van der Waals surface area contributed by atoms with Crippen LogP contribution in [-0.4, -0.2) is 26.8 Å². The first-order chi connectivity index (χ1) is 13.6. The Morgan fingerprint density at radius 3 is 2.21 bits per heavy atom. The highest BCUT2D eigenvalue weighted by atomic mass is 35.5. The number of nitrogens with zero attached hydrogens (tertiary/aromatic N) is 2. The summed E-state index contributed by atoms with van der Waals surface area (Å²) in [5.41, 5.74) is 0.151. The van der Waals surface area contributed by atoms with Crippen LogP contribution in [0.15, 0.2) is 64.5 Å². The van der Waals surface area contributed by atoms with Gasteiger partial charge in [0.1, 0.15) is 16.5 Å². The number of rotatable bonds is 6. The quantitative estimate of drug-likeness (QED) is 0.564. The van der Waals surface area contributed by atoms with E-state index in [2.05, 4.69) is 19.4 Å². The minimum absolute atomic E-state index is 0.00504. The summed E-state index contributed by atoms with van der Waals surface area (Å²) in [6.07, 6.45) is 1.43. The fourth-order valence-electron chi connectivity index (χ4n) is 2.31. The average molecular weight is 473 g/mol. The van der Waals surface area contributed by atoms with Crippen molar-refractivity contribution in [3.63, 3.8) is 0 Å². The third kappa shape index (κ3) is 5.15. The van der Waals surface area contributed by atoms with Crippen LogP contribution in [-0.2, 0) is 20.0 Å². The van der Waals surface area contributed by atoms with E-state index in [1.807, 2.05) is 0 Å². The Bertz CT molecular complexity index is 1260. The van der Waals surface area contributed by atoms with Crippen LogP contribution in [0.3, 0.4) is 0 Å². The first kappa shape index (κ1) is 21.3. The van der Waals surface area contributed by atoms with E-state index in [9.17, 15) is 16.8 Å². The van der Waals surface area contributed by atoms with E-state index >= 15 is 0 Å². The summed E-state index contributed by atoms with van der Waals surface area (Å²) in [6, 6.07) is 10.6. The number of benzene rings is 2. The molecule has 29 heavy (non-hydrogen) atoms. The molecule has 0 atom stereocenters. The van der Waals surface area contributed by atoms with E-state index in [0.29, 0.717) is 5.82 Å². The summed E-state index contributed by atoms with van der Waals surface area (Å²) < 4.78 is 54.7. The van der Waals surface area contributed by atoms with Crippen LogP contribution < -0.4 is 9.44 Å². The van der Waals surface area contributed by atoms with E-state index in [-0.39, 0.29) is 31.3 Å². The average Bonchev–Trinajstić information content (AvgIpc) is 2.63. The Morgan fingerprint density at radius 2 is 1.55 bits per heavy atom. The SMILES string of the molecule is Cc1nccc(NS(=O)(=O)c2ccc(NS(=O)(=O)c3cc(Cl)ccc3Cl)cc2)n1. The van der Waals surface area contributed by atoms with Gasteiger partial charge in [0.2, 0.25) is 0 Å². The van der Waals surface area contributed by atoms with Gasteiger partial charge in [-0.1, -0.05) is 23.2 Å². The smallest absolute Gasteiger partial charge is 0.263 e. The van der Waals surface area contributed by atoms with E-state index in [4.69, 9.17) is 23.2 Å². The van der Waals surface area contributed by atoms with Crippen LogP contribution in [0.1, 0.15) is 5.82 Å². The van der Waals surface area contributed by atoms with E-state index in [1.54, 1.807) is 6.92 Å². The third-order valence-corrected chi connectivity index (χ3v) is 7.08. The largest absolute Gasteiger partial charge is 0.280 e. The molecule has 152 valence electrons. The van der Waals surface area contributed by atoms with Gasteiger partial charge >= 0.3 is 0 Å². The fourth-order valence-corrected chi connectivity index (χ4v) is 5.13. The molecule has 12 heteroatoms. The Balaban J connectivity index is 1.82. The van der Waals surface area contributed by atoms with Crippen LogP contribution in [0, 0.1) is 6.92 Å². The maximum atomic E-state index is 12.5. The van der Waals surface area contributed by atoms with Crippen molar-refractivity contribution >= 4 is 54.8 Å². The van der Waals surface area contributed by atoms with Gasteiger partial charge in [0, 0.05) is 16.9 Å². The summed E-state index contributed by atoms with van der Waals surface area (Å²) in [4.78, 5) is 7.62. The van der Waals surface area contributed by atoms with E-state index < -0.39 is 20.0 Å². The number of hydrogen-bond acceptors (Lipinski definition) is 6. The molecule has 3 rings (SSSR count). The van der Waals surface area contributed by atoms with Crippen molar-refractivity contribution in [2.45, 2.75) is 16.7 Å². The van der Waals surface area contributed by atoms with Crippen LogP contribution in [0.2, 0.25) is 10.0 Å². The third-order valence-electron chi connectivity index (χ3n) is 3.61. The molecule has 1 aromatic heterocycles. The number of aryl methyl sites for hydroxylation is 1. The zero-order chi connectivity index (χ0) is 21.2. The van der Waals surface area contributed by atoms with Crippen LogP contribution in [0.4, 0.5) is 11.5 Å². The molecule has 2 N–H and O–H groups in total. The van der Waals surface area contributed by atoms with Gasteiger partial charge in [0.05, 0.1) is 9.92 Å².